The van der Waals surface area contributed by atoms with Crippen molar-refractivity contribution in [1.29, 1.82) is 0 Å². The van der Waals surface area contributed by atoms with Gasteiger partial charge in [0.1, 0.15) is 10.1 Å². The van der Waals surface area contributed by atoms with Crippen LogP contribution in [0.2, 0.25) is 0 Å². The molecule has 47 heavy (non-hydrogen) atoms. The van der Waals surface area contributed by atoms with Crippen LogP contribution in [-0.4, -0.2) is 43.5 Å². The van der Waals surface area contributed by atoms with Gasteiger partial charge in [-0.2, -0.15) is 9.05 Å². The summed E-state index contributed by atoms with van der Waals surface area (Å²) >= 11 is 0. The number of unbranched alkanes of at least 4 members (excludes halogenated alkanes) is 7. The number of carbonyl (C=O) groups excluding carboxylic acids is 2. The second kappa shape index (κ2) is 29.7. The predicted molar refractivity (Wildman–Crippen MR) is 181 cm³/mol. The Morgan fingerprint density at radius 3 is 1.55 bits per heavy atom. The van der Waals surface area contributed by atoms with E-state index in [1.807, 2.05) is 26.8 Å². The fourth-order valence-electron chi connectivity index (χ4n) is 4.51. The third-order valence-electron chi connectivity index (χ3n) is 7.33. The minimum absolute atomic E-state index is 0. The number of esters is 2. The van der Waals surface area contributed by atoms with Crippen molar-refractivity contribution >= 4 is 30.0 Å². The molecule has 10 nitrogen and oxygen atoms in total. The first-order chi connectivity index (χ1) is 21.7. The van der Waals surface area contributed by atoms with Crippen LogP contribution in [0.3, 0.4) is 0 Å². The zero-order valence-electron chi connectivity index (χ0n) is 30.2. The fraction of sp³-hybridized carbons (Fsp3) is 0.765. The summed E-state index contributed by atoms with van der Waals surface area (Å²) in [7, 11) is -9.91. The van der Waals surface area contributed by atoms with Crippen LogP contribution in [0.1, 0.15) is 151 Å². The van der Waals surface area contributed by atoms with E-state index >= 15 is 0 Å². The molecule has 1 unspecified atom stereocenters. The molecular formula is C34H60KO10PS. The molecule has 0 aromatic heterocycles. The molecule has 0 aliphatic heterocycles. The van der Waals surface area contributed by atoms with E-state index in [1.165, 1.54) is 11.1 Å². The molecule has 0 rings (SSSR count). The molecule has 0 fully saturated rings. The zero-order valence-corrected chi connectivity index (χ0v) is 35.0. The second-order valence-electron chi connectivity index (χ2n) is 12.0. The smallest absolute Gasteiger partial charge is 0.745 e. The molecule has 0 radical (unpaired) electrons. The molecular weight excluding hydrogens is 671 g/mol. The van der Waals surface area contributed by atoms with Crippen molar-refractivity contribution < 1.29 is 97.4 Å². The first-order valence-corrected chi connectivity index (χ1v) is 19.9. The third kappa shape index (κ3) is 27.4. The summed E-state index contributed by atoms with van der Waals surface area (Å²) < 4.78 is 57.3. The summed E-state index contributed by atoms with van der Waals surface area (Å²) in [6, 6.07) is 0. The van der Waals surface area contributed by atoms with E-state index < -0.39 is 48.6 Å². The molecule has 0 amide bonds. The van der Waals surface area contributed by atoms with Gasteiger partial charge in [0.2, 0.25) is 18.6 Å². The van der Waals surface area contributed by atoms with Crippen LogP contribution in [0.25, 0.3) is 0 Å². The van der Waals surface area contributed by atoms with Crippen LogP contribution in [-0.2, 0) is 38.2 Å². The topological polar surface area (TPSA) is 151 Å². The van der Waals surface area contributed by atoms with Gasteiger partial charge in [-0.3, -0.25) is 9.59 Å². The summed E-state index contributed by atoms with van der Waals surface area (Å²) in [6.45, 7) is 10.6. The van der Waals surface area contributed by atoms with Gasteiger partial charge in [-0.1, -0.05) is 87.3 Å². The second-order valence-corrected chi connectivity index (χ2v) is 16.1. The Labute approximate surface area is 328 Å². The largest absolute Gasteiger partial charge is 1.00 e. The summed E-state index contributed by atoms with van der Waals surface area (Å²) in [6.07, 6.45) is 17.5. The van der Waals surface area contributed by atoms with E-state index in [-0.39, 0.29) is 77.1 Å². The normalized spacial score (nSPS) is 13.1. The quantitative estimate of drug-likeness (QED) is 0.0191. The predicted octanol–water partition coefficient (Wildman–Crippen LogP) is 5.55. The third-order valence-corrected chi connectivity index (χ3v) is 11.7. The van der Waals surface area contributed by atoms with Crippen LogP contribution in [0.15, 0.2) is 34.9 Å². The van der Waals surface area contributed by atoms with E-state index in [0.29, 0.717) is 19.3 Å². The maximum absolute atomic E-state index is 13.7. The van der Waals surface area contributed by atoms with E-state index in [2.05, 4.69) is 32.9 Å². The van der Waals surface area contributed by atoms with Crippen molar-refractivity contribution in [3.05, 3.63) is 34.9 Å². The average molecular weight is 731 g/mol. The van der Waals surface area contributed by atoms with Gasteiger partial charge in [0, 0.05) is 19.3 Å². The van der Waals surface area contributed by atoms with Crippen LogP contribution in [0, 0.1) is 0 Å². The van der Waals surface area contributed by atoms with Gasteiger partial charge in [-0.15, -0.1) is 0 Å². The molecule has 0 aromatic rings. The number of ether oxygens (including phenoxy) is 2. The van der Waals surface area contributed by atoms with Gasteiger partial charge >= 0.3 is 63.3 Å². The molecule has 13 heteroatoms. The van der Waals surface area contributed by atoms with Crippen molar-refractivity contribution in [1.82, 2.24) is 0 Å². The molecule has 0 spiro atoms. The summed E-state index contributed by atoms with van der Waals surface area (Å²) in [5, 5.41) is 0. The average Bonchev–Trinajstić information content (AvgIpc) is 2.96. The van der Waals surface area contributed by atoms with Gasteiger partial charge in [0.05, 0.1) is 0 Å². The Morgan fingerprint density at radius 1 is 0.681 bits per heavy atom. The van der Waals surface area contributed by atoms with Crippen molar-refractivity contribution in [2.75, 3.05) is 13.6 Å². The summed E-state index contributed by atoms with van der Waals surface area (Å²) in [5.41, 5.74) is 3.75. The van der Waals surface area contributed by atoms with Crippen LogP contribution in [0.4, 0.5) is 0 Å². The molecule has 0 N–H and O–H groups in total. The van der Waals surface area contributed by atoms with Crippen LogP contribution < -0.4 is 56.3 Å². The van der Waals surface area contributed by atoms with Gasteiger partial charge in [0.25, 0.3) is 7.94 Å². The van der Waals surface area contributed by atoms with E-state index in [9.17, 15) is 27.5 Å². The molecule has 0 saturated heterocycles. The number of carbonyl (C=O) groups is 2. The van der Waals surface area contributed by atoms with Crippen molar-refractivity contribution in [2.24, 2.45) is 0 Å². The van der Waals surface area contributed by atoms with Crippen molar-refractivity contribution in [3.8, 4) is 0 Å². The Kier molecular flexibility index (Phi) is 31.1. The molecule has 0 aliphatic carbocycles. The Morgan fingerprint density at radius 2 is 1.13 bits per heavy atom. The van der Waals surface area contributed by atoms with Crippen molar-refractivity contribution in [3.63, 3.8) is 0 Å². The molecule has 0 saturated carbocycles. The van der Waals surface area contributed by atoms with Gasteiger partial charge in [0.15, 0.2) is 0 Å². The van der Waals surface area contributed by atoms with Gasteiger partial charge in [-0.25, -0.2) is 8.42 Å². The number of hydrogen-bond donors (Lipinski definition) is 0. The molecule has 0 heterocycles. The Hall–Kier alpha value is 0.0164. The maximum atomic E-state index is 13.7. The van der Waals surface area contributed by atoms with Gasteiger partial charge in [-0.05, 0) is 79.1 Å². The SMILES string of the molecule is CCCCCCC(=O)OCO[P+]([O-])(OCOC(=O)CCCCCC)C(CCC/C=C(\C)CC/C=C(\C)CCC=C(C)C)S(=O)(=O)[O-].[K+]. The Bertz CT molecular complexity index is 1030. The van der Waals surface area contributed by atoms with Crippen molar-refractivity contribution in [2.45, 2.75) is 156 Å². The summed E-state index contributed by atoms with van der Waals surface area (Å²) in [4.78, 5) is 35.8. The summed E-state index contributed by atoms with van der Waals surface area (Å²) in [5.74, 6) is -1.22. The molecule has 1 atom stereocenters. The van der Waals surface area contributed by atoms with E-state index in [1.54, 1.807) is 0 Å². The molecule has 0 aromatic carbocycles. The molecule has 268 valence electrons. The Balaban J connectivity index is 0. The van der Waals surface area contributed by atoms with E-state index in [0.717, 1.165) is 69.8 Å². The van der Waals surface area contributed by atoms with Crippen LogP contribution >= 0.6 is 7.94 Å². The first-order valence-electron chi connectivity index (χ1n) is 16.8. The number of rotatable bonds is 28. The first kappa shape index (κ1) is 49.1. The minimum Gasteiger partial charge on any atom is -0.745 e. The number of allylic oxidation sites excluding steroid dienone is 6. The maximum Gasteiger partial charge on any atom is 1.00 e. The fourth-order valence-corrected chi connectivity index (χ4v) is 7.90. The van der Waals surface area contributed by atoms with Gasteiger partial charge < -0.3 is 18.9 Å². The van der Waals surface area contributed by atoms with E-state index in [4.69, 9.17) is 18.5 Å². The minimum atomic E-state index is -5.18. The molecule has 0 aliphatic rings. The standard InChI is InChI=1S/C34H61O10PS.K/c1-7-9-11-13-24-32(35)41-27-43-45(37,44-28-42-33(36)25-14-12-10-8-2)34(46(38,39)40)26-16-15-20-30(5)22-18-23-31(6)21-17-19-29(3)4;/h19-20,23,34H,7-18,21-22,24-28H2,1-6H3,(H,38,39,40);/q;+1/p-1/b30-20+,31-23+;. The zero-order chi connectivity index (χ0) is 34.8. The molecule has 0 bridgehead atoms. The van der Waals surface area contributed by atoms with Crippen LogP contribution in [0.5, 0.6) is 0 Å². The number of hydrogen-bond acceptors (Lipinski definition) is 10. The monoisotopic (exact) mass is 730 g/mol.